The van der Waals surface area contributed by atoms with Gasteiger partial charge in [0.2, 0.25) is 0 Å². The van der Waals surface area contributed by atoms with Gasteiger partial charge >= 0.3 is 0 Å². The summed E-state index contributed by atoms with van der Waals surface area (Å²) in [5.41, 5.74) is 7.97. The largest absolute Gasteiger partial charge is 0.424 e. The number of fused-ring (bicyclic) bond motifs is 1. The van der Waals surface area contributed by atoms with Crippen LogP contribution in [0, 0.1) is 0 Å². The minimum absolute atomic E-state index is 0.569. The zero-order chi connectivity index (χ0) is 12.5. The summed E-state index contributed by atoms with van der Waals surface area (Å²) in [5, 5.41) is 3.21. The third-order valence-corrected chi connectivity index (χ3v) is 3.32. The van der Waals surface area contributed by atoms with Crippen LogP contribution in [-0.2, 0) is 0 Å². The molecule has 0 aliphatic heterocycles. The molecule has 1 saturated carbocycles. The maximum absolute atomic E-state index is 5.70. The quantitative estimate of drug-likeness (QED) is 0.789. The third-order valence-electron chi connectivity index (χ3n) is 3.32. The number of rotatable bonds is 5. The first-order chi connectivity index (χ1) is 8.72. The second kappa shape index (κ2) is 4.49. The van der Waals surface area contributed by atoms with Crippen LogP contribution in [0.5, 0.6) is 0 Å². The summed E-state index contributed by atoms with van der Waals surface area (Å²) in [5.74, 6) is 0. The Morgan fingerprint density at radius 3 is 3.11 bits per heavy atom. The van der Waals surface area contributed by atoms with Crippen LogP contribution in [0.15, 0.2) is 22.6 Å². The highest BCUT2D eigenvalue weighted by Gasteiger charge is 2.25. The Hall–Kier alpha value is -1.75. The summed E-state index contributed by atoms with van der Waals surface area (Å²) in [7, 11) is 2.16. The van der Waals surface area contributed by atoms with Gasteiger partial charge in [-0.1, -0.05) is 0 Å². The number of hydrogen-bond acceptors (Lipinski definition) is 5. The normalized spacial score (nSPS) is 15.4. The molecule has 0 atom stereocenters. The lowest BCUT2D eigenvalue weighted by molar-refractivity contribution is 0.336. The lowest BCUT2D eigenvalue weighted by Crippen LogP contribution is -2.27. The third kappa shape index (κ3) is 2.41. The van der Waals surface area contributed by atoms with Crippen molar-refractivity contribution in [3.8, 4) is 0 Å². The molecule has 96 valence electrons. The molecule has 1 aliphatic carbocycles. The zero-order valence-electron chi connectivity index (χ0n) is 10.5. The number of anilines is 2. The minimum Gasteiger partial charge on any atom is -0.424 e. The average molecular weight is 246 g/mol. The van der Waals surface area contributed by atoms with Crippen LogP contribution in [0.1, 0.15) is 12.8 Å². The molecule has 1 heterocycles. The van der Waals surface area contributed by atoms with Gasteiger partial charge in [-0.2, -0.15) is 4.98 Å². The molecule has 18 heavy (non-hydrogen) atoms. The first kappa shape index (κ1) is 11.3. The first-order valence-corrected chi connectivity index (χ1v) is 6.32. The van der Waals surface area contributed by atoms with Gasteiger partial charge in [-0.3, -0.25) is 0 Å². The van der Waals surface area contributed by atoms with Crippen LogP contribution in [-0.4, -0.2) is 36.1 Å². The molecule has 5 nitrogen and oxygen atoms in total. The second-order valence-corrected chi connectivity index (χ2v) is 4.88. The van der Waals surface area contributed by atoms with E-state index in [4.69, 9.17) is 10.2 Å². The van der Waals surface area contributed by atoms with Gasteiger partial charge in [0.05, 0.1) is 0 Å². The van der Waals surface area contributed by atoms with Crippen LogP contribution >= 0.6 is 0 Å². The van der Waals surface area contributed by atoms with Crippen molar-refractivity contribution >= 4 is 22.8 Å². The van der Waals surface area contributed by atoms with Crippen molar-refractivity contribution in [1.82, 2.24) is 9.88 Å². The Morgan fingerprint density at radius 1 is 1.50 bits per heavy atom. The van der Waals surface area contributed by atoms with Gasteiger partial charge in [-0.25, -0.2) is 0 Å². The van der Waals surface area contributed by atoms with Crippen LogP contribution in [0.3, 0.4) is 0 Å². The van der Waals surface area contributed by atoms with Gasteiger partial charge < -0.3 is 20.4 Å². The number of nitrogens with zero attached hydrogens (tertiary/aromatic N) is 2. The Balaban J connectivity index is 1.60. The van der Waals surface area contributed by atoms with E-state index >= 15 is 0 Å². The van der Waals surface area contributed by atoms with Crippen molar-refractivity contribution in [2.24, 2.45) is 0 Å². The van der Waals surface area contributed by atoms with E-state index in [1.807, 2.05) is 18.2 Å². The van der Waals surface area contributed by atoms with Crippen molar-refractivity contribution in [3.05, 3.63) is 18.2 Å². The van der Waals surface area contributed by atoms with Gasteiger partial charge in [-0.05, 0) is 38.1 Å². The zero-order valence-corrected chi connectivity index (χ0v) is 10.5. The molecule has 3 N–H and O–H groups in total. The van der Waals surface area contributed by atoms with E-state index < -0.39 is 0 Å². The topological polar surface area (TPSA) is 67.3 Å². The SMILES string of the molecule is CN(CCNc1nc2cc(N)ccc2o1)C1CC1. The number of hydrogen-bond donors (Lipinski definition) is 2. The fourth-order valence-corrected chi connectivity index (χ4v) is 2.06. The molecule has 1 fully saturated rings. The maximum atomic E-state index is 5.70. The Morgan fingerprint density at radius 2 is 2.33 bits per heavy atom. The molecule has 0 radical (unpaired) electrons. The van der Waals surface area contributed by atoms with Gasteiger partial charge in [0.1, 0.15) is 5.52 Å². The molecule has 0 spiro atoms. The molecule has 0 bridgehead atoms. The van der Waals surface area contributed by atoms with E-state index in [1.54, 1.807) is 0 Å². The number of nitrogen functional groups attached to an aromatic ring is 1. The van der Waals surface area contributed by atoms with E-state index in [2.05, 4.69) is 22.2 Å². The summed E-state index contributed by atoms with van der Waals surface area (Å²) in [4.78, 5) is 6.72. The highest BCUT2D eigenvalue weighted by Crippen LogP contribution is 2.25. The first-order valence-electron chi connectivity index (χ1n) is 6.32. The lowest BCUT2D eigenvalue weighted by Gasteiger charge is -2.14. The summed E-state index contributed by atoms with van der Waals surface area (Å²) < 4.78 is 5.58. The van der Waals surface area contributed by atoms with E-state index in [-0.39, 0.29) is 0 Å². The predicted molar refractivity (Wildman–Crippen MR) is 72.6 cm³/mol. The van der Waals surface area contributed by atoms with Crippen LogP contribution < -0.4 is 11.1 Å². The Bertz CT molecular complexity index is 547. The highest BCUT2D eigenvalue weighted by atomic mass is 16.4. The minimum atomic E-state index is 0.569. The molecule has 1 aliphatic rings. The fraction of sp³-hybridized carbons (Fsp3) is 0.462. The highest BCUT2D eigenvalue weighted by molar-refractivity contribution is 5.78. The average Bonchev–Trinajstić information content (AvgIpc) is 3.11. The predicted octanol–water partition coefficient (Wildman–Crippen LogP) is 1.92. The van der Waals surface area contributed by atoms with Crippen molar-refractivity contribution in [2.75, 3.05) is 31.2 Å². The van der Waals surface area contributed by atoms with Crippen molar-refractivity contribution in [1.29, 1.82) is 0 Å². The Kier molecular flexibility index (Phi) is 2.83. The van der Waals surface area contributed by atoms with Gasteiger partial charge in [0, 0.05) is 24.8 Å². The van der Waals surface area contributed by atoms with Crippen molar-refractivity contribution in [3.63, 3.8) is 0 Å². The number of benzene rings is 1. The van der Waals surface area contributed by atoms with Gasteiger partial charge in [-0.15, -0.1) is 0 Å². The lowest BCUT2D eigenvalue weighted by atomic mass is 10.3. The molecule has 2 aromatic rings. The summed E-state index contributed by atoms with van der Waals surface area (Å²) in [6, 6.07) is 6.84. The molecule has 0 saturated heterocycles. The molecular weight excluding hydrogens is 228 g/mol. The van der Waals surface area contributed by atoms with E-state index in [0.717, 1.165) is 30.2 Å². The molecule has 0 unspecified atom stereocenters. The van der Waals surface area contributed by atoms with Crippen molar-refractivity contribution in [2.45, 2.75) is 18.9 Å². The van der Waals surface area contributed by atoms with Crippen molar-refractivity contribution < 1.29 is 4.42 Å². The van der Waals surface area contributed by atoms with Gasteiger partial charge in [0.15, 0.2) is 5.58 Å². The number of aromatic nitrogens is 1. The molecule has 1 aromatic carbocycles. The molecule has 1 aromatic heterocycles. The van der Waals surface area contributed by atoms with Crippen LogP contribution in [0.25, 0.3) is 11.1 Å². The number of likely N-dealkylation sites (N-methyl/N-ethyl adjacent to an activating group) is 1. The Labute approximate surface area is 106 Å². The van der Waals surface area contributed by atoms with E-state index in [0.29, 0.717) is 11.7 Å². The number of oxazole rings is 1. The molecule has 5 heteroatoms. The van der Waals surface area contributed by atoms with E-state index in [9.17, 15) is 0 Å². The monoisotopic (exact) mass is 246 g/mol. The summed E-state index contributed by atoms with van der Waals surface area (Å²) >= 11 is 0. The maximum Gasteiger partial charge on any atom is 0.295 e. The standard InChI is InChI=1S/C13H18N4O/c1-17(10-3-4-10)7-6-15-13-16-11-8-9(14)2-5-12(11)18-13/h2,5,8,10H,3-4,6-7,14H2,1H3,(H,15,16). The van der Waals surface area contributed by atoms with Crippen LogP contribution in [0.4, 0.5) is 11.7 Å². The van der Waals surface area contributed by atoms with Gasteiger partial charge in [0.25, 0.3) is 6.01 Å². The number of nitrogens with two attached hydrogens (primary N) is 1. The second-order valence-electron chi connectivity index (χ2n) is 4.88. The molecular formula is C13H18N4O. The summed E-state index contributed by atoms with van der Waals surface area (Å²) in [6.07, 6.45) is 2.66. The fourth-order valence-electron chi connectivity index (χ4n) is 2.06. The molecule has 0 amide bonds. The van der Waals surface area contributed by atoms with E-state index in [1.165, 1.54) is 12.8 Å². The molecule has 3 rings (SSSR count). The van der Waals surface area contributed by atoms with Crippen LogP contribution in [0.2, 0.25) is 0 Å². The summed E-state index contributed by atoms with van der Waals surface area (Å²) in [6.45, 7) is 1.85. The smallest absolute Gasteiger partial charge is 0.295 e. The number of nitrogens with one attached hydrogen (secondary N) is 1.